The number of ether oxygens (including phenoxy) is 2. The minimum Gasteiger partial charge on any atom is -0.497 e. The number of anilines is 1. The van der Waals surface area contributed by atoms with Crippen molar-refractivity contribution in [3.8, 4) is 17.6 Å². The molecule has 0 saturated heterocycles. The average Bonchev–Trinajstić information content (AvgIpc) is 2.93. The van der Waals surface area contributed by atoms with Gasteiger partial charge in [-0.25, -0.2) is 0 Å². The van der Waals surface area contributed by atoms with E-state index in [1.54, 1.807) is 7.11 Å². The largest absolute Gasteiger partial charge is 0.497 e. The van der Waals surface area contributed by atoms with E-state index < -0.39 is 5.92 Å². The first-order valence-corrected chi connectivity index (χ1v) is 14.4. The van der Waals surface area contributed by atoms with E-state index in [9.17, 15) is 10.1 Å². The van der Waals surface area contributed by atoms with Crippen molar-refractivity contribution in [1.29, 1.82) is 5.26 Å². The molecule has 0 bridgehead atoms. The third-order valence-corrected chi connectivity index (χ3v) is 8.46. The van der Waals surface area contributed by atoms with Crippen molar-refractivity contribution in [2.24, 2.45) is 11.1 Å². The number of methoxy groups -OCH3 is 1. The standard InChI is InChI=1S/C34H34BrN3O3/c1-20-14-22(19-41-26-12-10-25(40-5)11-13-26)21(2)27(15-20)31-28(18-36)33(37)38(24-8-6-23(35)7-9-24)29-16-34(3,4)17-30(39)32(29)31/h6-15,31H,16-17,19,37H2,1-5H3. The number of hydrogen-bond acceptors (Lipinski definition) is 6. The molecular weight excluding hydrogens is 578 g/mol. The lowest BCUT2D eigenvalue weighted by Crippen LogP contribution is -2.42. The normalized spacial score (nSPS) is 18.2. The van der Waals surface area contributed by atoms with Crippen LogP contribution < -0.4 is 20.1 Å². The molecule has 2 N–H and O–H groups in total. The quantitative estimate of drug-likeness (QED) is 0.309. The van der Waals surface area contributed by atoms with Gasteiger partial charge in [0.15, 0.2) is 5.78 Å². The summed E-state index contributed by atoms with van der Waals surface area (Å²) < 4.78 is 12.3. The number of nitriles is 1. The molecule has 3 aromatic carbocycles. The highest BCUT2D eigenvalue weighted by Gasteiger charge is 2.45. The summed E-state index contributed by atoms with van der Waals surface area (Å²) >= 11 is 3.51. The van der Waals surface area contributed by atoms with Crippen LogP contribution in [0, 0.1) is 30.6 Å². The summed E-state index contributed by atoms with van der Waals surface area (Å²) in [5, 5.41) is 10.5. The second-order valence-corrected chi connectivity index (χ2v) is 12.5. The van der Waals surface area contributed by atoms with Crippen LogP contribution in [0.25, 0.3) is 0 Å². The van der Waals surface area contributed by atoms with Gasteiger partial charge in [-0.2, -0.15) is 5.26 Å². The Balaban J connectivity index is 1.63. The van der Waals surface area contributed by atoms with Crippen molar-refractivity contribution < 1.29 is 14.3 Å². The predicted molar refractivity (Wildman–Crippen MR) is 164 cm³/mol. The zero-order valence-corrected chi connectivity index (χ0v) is 25.6. The number of carbonyl (C=O) groups is 1. The van der Waals surface area contributed by atoms with Crippen LogP contribution >= 0.6 is 15.9 Å². The number of carbonyl (C=O) groups excluding carboxylic acids is 1. The number of halogens is 1. The Labute approximate surface area is 250 Å². The zero-order valence-electron chi connectivity index (χ0n) is 24.0. The second kappa shape index (κ2) is 11.1. The van der Waals surface area contributed by atoms with Crippen LogP contribution in [0.4, 0.5) is 5.69 Å². The molecule has 0 fully saturated rings. The summed E-state index contributed by atoms with van der Waals surface area (Å²) in [6, 6.07) is 21.8. The van der Waals surface area contributed by atoms with Gasteiger partial charge in [0.25, 0.3) is 0 Å². The van der Waals surface area contributed by atoms with Crippen molar-refractivity contribution in [2.75, 3.05) is 12.0 Å². The van der Waals surface area contributed by atoms with Gasteiger partial charge in [0.2, 0.25) is 0 Å². The van der Waals surface area contributed by atoms with Crippen LogP contribution in [-0.2, 0) is 11.4 Å². The molecule has 3 aromatic rings. The number of Topliss-reactive ketones (excluding diaryl/α,β-unsaturated/α-hetero) is 1. The number of ketones is 1. The molecule has 1 heterocycles. The molecule has 0 amide bonds. The third-order valence-electron chi connectivity index (χ3n) is 7.93. The average molecular weight is 613 g/mol. The number of aryl methyl sites for hydroxylation is 1. The summed E-state index contributed by atoms with van der Waals surface area (Å²) in [5.74, 6) is 1.36. The maximum absolute atomic E-state index is 14.0. The number of nitrogens with zero attached hydrogens (tertiary/aromatic N) is 2. The van der Waals surface area contributed by atoms with E-state index in [4.69, 9.17) is 15.2 Å². The van der Waals surface area contributed by atoms with Crippen LogP contribution in [0.3, 0.4) is 0 Å². The molecule has 1 aliphatic carbocycles. The third kappa shape index (κ3) is 5.49. The summed E-state index contributed by atoms with van der Waals surface area (Å²) in [7, 11) is 1.63. The Hall–Kier alpha value is -4.02. The molecule has 41 heavy (non-hydrogen) atoms. The Bertz CT molecular complexity index is 1610. The highest BCUT2D eigenvalue weighted by molar-refractivity contribution is 9.10. The van der Waals surface area contributed by atoms with E-state index >= 15 is 0 Å². The first-order chi connectivity index (χ1) is 19.5. The van der Waals surface area contributed by atoms with Crippen molar-refractivity contribution in [2.45, 2.75) is 53.1 Å². The zero-order chi connectivity index (χ0) is 29.5. The Morgan fingerprint density at radius 3 is 2.34 bits per heavy atom. The van der Waals surface area contributed by atoms with E-state index in [1.165, 1.54) is 0 Å². The number of rotatable bonds is 6. The fourth-order valence-electron chi connectivity index (χ4n) is 5.95. The molecule has 1 atom stereocenters. The molecule has 210 valence electrons. The van der Waals surface area contributed by atoms with Crippen molar-refractivity contribution in [3.63, 3.8) is 0 Å². The van der Waals surface area contributed by atoms with Gasteiger partial charge in [0.05, 0.1) is 24.7 Å². The maximum atomic E-state index is 14.0. The van der Waals surface area contributed by atoms with Gasteiger partial charge in [0.1, 0.15) is 23.9 Å². The topological polar surface area (TPSA) is 88.6 Å². The molecule has 5 rings (SSSR count). The smallest absolute Gasteiger partial charge is 0.162 e. The van der Waals surface area contributed by atoms with E-state index in [1.807, 2.05) is 67.3 Å². The van der Waals surface area contributed by atoms with Gasteiger partial charge < -0.3 is 15.2 Å². The number of nitrogens with two attached hydrogens (primary N) is 1. The first kappa shape index (κ1) is 28.5. The van der Waals surface area contributed by atoms with Crippen molar-refractivity contribution in [1.82, 2.24) is 0 Å². The van der Waals surface area contributed by atoms with Gasteiger partial charge in [-0.1, -0.05) is 47.5 Å². The van der Waals surface area contributed by atoms with E-state index in [2.05, 4.69) is 48.0 Å². The summed E-state index contributed by atoms with van der Waals surface area (Å²) in [6.45, 7) is 8.62. The van der Waals surface area contributed by atoms with E-state index in [0.29, 0.717) is 36.4 Å². The fourth-order valence-corrected chi connectivity index (χ4v) is 6.22. The molecule has 6 nitrogen and oxygen atoms in total. The summed E-state index contributed by atoms with van der Waals surface area (Å²) in [4.78, 5) is 15.9. The number of allylic oxidation sites excluding steroid dienone is 3. The summed E-state index contributed by atoms with van der Waals surface area (Å²) in [6.07, 6.45) is 1.08. The number of benzene rings is 3. The fraction of sp³-hybridized carbons (Fsp3) is 0.294. The van der Waals surface area contributed by atoms with Gasteiger partial charge in [-0.3, -0.25) is 9.69 Å². The van der Waals surface area contributed by atoms with Gasteiger partial charge in [-0.05, 0) is 90.9 Å². The van der Waals surface area contributed by atoms with Gasteiger partial charge >= 0.3 is 0 Å². The number of hydrogen-bond donors (Lipinski definition) is 1. The highest BCUT2D eigenvalue weighted by atomic mass is 79.9. The SMILES string of the molecule is COc1ccc(OCc2cc(C)cc(C3C(C#N)=C(N)N(c4ccc(Br)cc4)C4=C3C(=O)CC(C)(C)C4)c2C)cc1. The van der Waals surface area contributed by atoms with Crippen LogP contribution in [0.1, 0.15) is 54.9 Å². The first-order valence-electron chi connectivity index (χ1n) is 13.6. The Morgan fingerprint density at radius 1 is 1.05 bits per heavy atom. The molecule has 1 unspecified atom stereocenters. The monoisotopic (exact) mass is 611 g/mol. The van der Waals surface area contributed by atoms with Crippen LogP contribution in [0.15, 0.2) is 87.8 Å². The van der Waals surface area contributed by atoms with Gasteiger partial charge in [-0.15, -0.1) is 0 Å². The molecule has 0 aromatic heterocycles. The van der Waals surface area contributed by atoms with E-state index in [0.717, 1.165) is 49.6 Å². The lowest BCUT2D eigenvalue weighted by Gasteiger charge is -2.44. The minimum absolute atomic E-state index is 0.0561. The molecule has 0 spiro atoms. The van der Waals surface area contributed by atoms with Crippen molar-refractivity contribution >= 4 is 27.4 Å². The highest BCUT2D eigenvalue weighted by Crippen LogP contribution is 2.51. The van der Waals surface area contributed by atoms with Crippen LogP contribution in [0.2, 0.25) is 0 Å². The Morgan fingerprint density at radius 2 is 1.71 bits per heavy atom. The predicted octanol–water partition coefficient (Wildman–Crippen LogP) is 7.59. The molecular formula is C34H34BrN3O3. The maximum Gasteiger partial charge on any atom is 0.162 e. The lowest BCUT2D eigenvalue weighted by molar-refractivity contribution is -0.118. The summed E-state index contributed by atoms with van der Waals surface area (Å²) in [5.41, 5.74) is 13.3. The minimum atomic E-state index is -0.551. The molecule has 0 radical (unpaired) electrons. The lowest BCUT2D eigenvalue weighted by atomic mass is 9.68. The van der Waals surface area contributed by atoms with Crippen molar-refractivity contribution in [3.05, 3.63) is 110 Å². The second-order valence-electron chi connectivity index (χ2n) is 11.6. The molecule has 1 aliphatic heterocycles. The van der Waals surface area contributed by atoms with Crippen LogP contribution in [-0.4, -0.2) is 12.9 Å². The Kier molecular flexibility index (Phi) is 7.72. The molecule has 2 aliphatic rings. The van der Waals surface area contributed by atoms with E-state index in [-0.39, 0.29) is 11.2 Å². The molecule has 7 heteroatoms. The molecule has 0 saturated carbocycles. The van der Waals surface area contributed by atoms with Gasteiger partial charge in [0, 0.05) is 27.9 Å². The van der Waals surface area contributed by atoms with Crippen LogP contribution in [0.5, 0.6) is 11.5 Å².